The summed E-state index contributed by atoms with van der Waals surface area (Å²) >= 11 is 0. The van der Waals surface area contributed by atoms with E-state index < -0.39 is 0 Å². The molecule has 0 saturated carbocycles. The molecule has 1 saturated heterocycles. The number of piperazine rings is 1. The van der Waals surface area contributed by atoms with E-state index in [1.165, 1.54) is 0 Å². The molecule has 2 aliphatic heterocycles. The van der Waals surface area contributed by atoms with Crippen LogP contribution in [0.15, 0.2) is 48.5 Å². The lowest BCUT2D eigenvalue weighted by Gasteiger charge is -2.39. The van der Waals surface area contributed by atoms with Crippen molar-refractivity contribution in [3.8, 4) is 5.75 Å². The Morgan fingerprint density at radius 2 is 1.93 bits per heavy atom. The first-order chi connectivity index (χ1) is 13.7. The monoisotopic (exact) mass is 379 g/mol. The molecule has 0 spiro atoms. The van der Waals surface area contributed by atoms with E-state index in [1.807, 2.05) is 53.4 Å². The number of aryl methyl sites for hydroxylation is 1. The molecular weight excluding hydrogens is 354 g/mol. The first-order valence-corrected chi connectivity index (χ1v) is 9.70. The van der Waals surface area contributed by atoms with Crippen LogP contribution in [0.1, 0.15) is 23.6 Å². The van der Waals surface area contributed by atoms with Crippen LogP contribution in [0.3, 0.4) is 0 Å². The Morgan fingerprint density at radius 3 is 2.79 bits per heavy atom. The van der Waals surface area contributed by atoms with E-state index in [-0.39, 0.29) is 24.4 Å². The normalized spacial score (nSPS) is 19.3. The Labute approximate surface area is 165 Å². The number of nitrogens with one attached hydrogen (secondary N) is 1. The van der Waals surface area contributed by atoms with Gasteiger partial charge in [-0.25, -0.2) is 0 Å². The number of benzene rings is 2. The summed E-state index contributed by atoms with van der Waals surface area (Å²) in [7, 11) is 1.64. The summed E-state index contributed by atoms with van der Waals surface area (Å²) in [6, 6.07) is 15.5. The molecule has 2 amide bonds. The fraction of sp³-hybridized carbons (Fsp3) is 0.364. The Bertz CT molecular complexity index is 883. The lowest BCUT2D eigenvalue weighted by molar-refractivity contribution is -0.134. The summed E-state index contributed by atoms with van der Waals surface area (Å²) in [4.78, 5) is 29.3. The first-order valence-electron chi connectivity index (χ1n) is 9.70. The standard InChI is InChI=1S/C22H25N3O3/c1-28-20-9-5-3-7-17(20)19-14-23-12-13-24(19)22(27)15-25-18-8-4-2-6-16(18)10-11-21(25)26/h2-9,19,23H,10-15H2,1H3. The van der Waals surface area contributed by atoms with Crippen LogP contribution in [0.2, 0.25) is 0 Å². The minimum atomic E-state index is -0.118. The molecule has 0 aromatic heterocycles. The highest BCUT2D eigenvalue weighted by atomic mass is 16.5. The van der Waals surface area contributed by atoms with Crippen LogP contribution in [0, 0.1) is 0 Å². The van der Waals surface area contributed by atoms with Gasteiger partial charge in [0.2, 0.25) is 11.8 Å². The predicted octanol–water partition coefficient (Wildman–Crippen LogP) is 2.15. The maximum Gasteiger partial charge on any atom is 0.243 e. The van der Waals surface area contributed by atoms with Crippen molar-refractivity contribution in [1.29, 1.82) is 0 Å². The van der Waals surface area contributed by atoms with E-state index in [0.29, 0.717) is 19.5 Å². The molecule has 1 fully saturated rings. The number of ether oxygens (including phenoxy) is 1. The Hall–Kier alpha value is -2.86. The number of para-hydroxylation sites is 2. The third-order valence-corrected chi connectivity index (χ3v) is 5.55. The van der Waals surface area contributed by atoms with Gasteiger partial charge in [0, 0.05) is 37.3 Å². The highest BCUT2D eigenvalue weighted by molar-refractivity contribution is 6.01. The lowest BCUT2D eigenvalue weighted by Crippen LogP contribution is -2.52. The Kier molecular flexibility index (Phi) is 5.30. The Morgan fingerprint density at radius 1 is 1.14 bits per heavy atom. The summed E-state index contributed by atoms with van der Waals surface area (Å²) < 4.78 is 5.51. The fourth-order valence-corrected chi connectivity index (χ4v) is 4.12. The average Bonchev–Trinajstić information content (AvgIpc) is 2.75. The van der Waals surface area contributed by atoms with E-state index in [9.17, 15) is 9.59 Å². The molecule has 2 aromatic rings. The van der Waals surface area contributed by atoms with Crippen LogP contribution in [0.4, 0.5) is 5.69 Å². The van der Waals surface area contributed by atoms with Gasteiger partial charge in [0.05, 0.1) is 13.2 Å². The van der Waals surface area contributed by atoms with Crippen molar-refractivity contribution in [2.24, 2.45) is 0 Å². The quantitative estimate of drug-likeness (QED) is 0.884. The molecule has 2 aromatic carbocycles. The number of carbonyl (C=O) groups excluding carboxylic acids is 2. The average molecular weight is 379 g/mol. The topological polar surface area (TPSA) is 61.9 Å². The maximum absolute atomic E-state index is 13.3. The molecule has 4 rings (SSSR count). The molecule has 1 atom stereocenters. The van der Waals surface area contributed by atoms with Gasteiger partial charge in [0.15, 0.2) is 0 Å². The highest BCUT2D eigenvalue weighted by Gasteiger charge is 2.33. The summed E-state index contributed by atoms with van der Waals surface area (Å²) in [6.07, 6.45) is 1.18. The van der Waals surface area contributed by atoms with Crippen molar-refractivity contribution in [1.82, 2.24) is 10.2 Å². The van der Waals surface area contributed by atoms with Gasteiger partial charge >= 0.3 is 0 Å². The largest absolute Gasteiger partial charge is 0.496 e. The van der Waals surface area contributed by atoms with E-state index in [4.69, 9.17) is 4.74 Å². The fourth-order valence-electron chi connectivity index (χ4n) is 4.12. The van der Waals surface area contributed by atoms with Crippen LogP contribution >= 0.6 is 0 Å². The van der Waals surface area contributed by atoms with Crippen LogP contribution in [-0.4, -0.2) is 50.0 Å². The second kappa shape index (κ2) is 8.02. The van der Waals surface area contributed by atoms with E-state index >= 15 is 0 Å². The van der Waals surface area contributed by atoms with Crippen LogP contribution < -0.4 is 15.0 Å². The van der Waals surface area contributed by atoms with Crippen molar-refractivity contribution < 1.29 is 14.3 Å². The molecule has 0 aliphatic carbocycles. The molecule has 6 heteroatoms. The summed E-state index contributed by atoms with van der Waals surface area (Å²) in [5, 5.41) is 3.37. The lowest BCUT2D eigenvalue weighted by atomic mass is 10.00. The van der Waals surface area contributed by atoms with Crippen molar-refractivity contribution in [2.45, 2.75) is 18.9 Å². The molecule has 2 aliphatic rings. The zero-order valence-corrected chi connectivity index (χ0v) is 16.1. The molecule has 28 heavy (non-hydrogen) atoms. The van der Waals surface area contributed by atoms with Crippen molar-refractivity contribution in [3.05, 3.63) is 59.7 Å². The van der Waals surface area contributed by atoms with Gasteiger partial charge in [0.25, 0.3) is 0 Å². The number of methoxy groups -OCH3 is 1. The summed E-state index contributed by atoms with van der Waals surface area (Å²) in [5.41, 5.74) is 2.96. The second-order valence-electron chi connectivity index (χ2n) is 7.16. The first kappa shape index (κ1) is 18.5. The highest BCUT2D eigenvalue weighted by Crippen LogP contribution is 2.31. The van der Waals surface area contributed by atoms with Gasteiger partial charge in [-0.15, -0.1) is 0 Å². The summed E-state index contributed by atoms with van der Waals surface area (Å²) in [5.74, 6) is 0.742. The number of amides is 2. The zero-order valence-electron chi connectivity index (χ0n) is 16.1. The molecule has 146 valence electrons. The molecule has 6 nitrogen and oxygen atoms in total. The number of rotatable bonds is 4. The van der Waals surface area contributed by atoms with Gasteiger partial charge in [-0.1, -0.05) is 36.4 Å². The molecule has 0 radical (unpaired) electrons. The second-order valence-corrected chi connectivity index (χ2v) is 7.16. The summed E-state index contributed by atoms with van der Waals surface area (Å²) in [6.45, 7) is 2.07. The van der Waals surface area contributed by atoms with E-state index in [2.05, 4.69) is 5.32 Å². The van der Waals surface area contributed by atoms with Gasteiger partial charge in [-0.2, -0.15) is 0 Å². The van der Waals surface area contributed by atoms with Crippen LogP contribution in [0.25, 0.3) is 0 Å². The van der Waals surface area contributed by atoms with Gasteiger partial charge in [0.1, 0.15) is 12.3 Å². The number of hydrogen-bond donors (Lipinski definition) is 1. The molecule has 1 unspecified atom stereocenters. The molecule has 2 heterocycles. The zero-order chi connectivity index (χ0) is 19.5. The molecule has 1 N–H and O–H groups in total. The number of anilines is 1. The van der Waals surface area contributed by atoms with Crippen molar-refractivity contribution in [3.63, 3.8) is 0 Å². The molecular formula is C22H25N3O3. The van der Waals surface area contributed by atoms with Crippen molar-refractivity contribution in [2.75, 3.05) is 38.2 Å². The van der Waals surface area contributed by atoms with Crippen LogP contribution in [-0.2, 0) is 16.0 Å². The van der Waals surface area contributed by atoms with E-state index in [0.717, 1.165) is 35.5 Å². The van der Waals surface area contributed by atoms with Gasteiger partial charge < -0.3 is 19.9 Å². The predicted molar refractivity (Wildman–Crippen MR) is 107 cm³/mol. The minimum absolute atomic E-state index is 0.0102. The minimum Gasteiger partial charge on any atom is -0.496 e. The number of carbonyl (C=O) groups is 2. The smallest absolute Gasteiger partial charge is 0.243 e. The Balaban J connectivity index is 1.59. The third kappa shape index (κ3) is 3.47. The van der Waals surface area contributed by atoms with Crippen molar-refractivity contribution >= 4 is 17.5 Å². The van der Waals surface area contributed by atoms with Gasteiger partial charge in [-0.3, -0.25) is 9.59 Å². The molecule has 0 bridgehead atoms. The third-order valence-electron chi connectivity index (χ3n) is 5.55. The van der Waals surface area contributed by atoms with Gasteiger partial charge in [-0.05, 0) is 24.1 Å². The maximum atomic E-state index is 13.3. The van der Waals surface area contributed by atoms with E-state index in [1.54, 1.807) is 12.0 Å². The number of nitrogens with zero attached hydrogens (tertiary/aromatic N) is 2. The number of fused-ring (bicyclic) bond motifs is 1. The SMILES string of the molecule is COc1ccccc1C1CNCCN1C(=O)CN1C(=O)CCc2ccccc21. The van der Waals surface area contributed by atoms with Crippen LogP contribution in [0.5, 0.6) is 5.75 Å². The number of hydrogen-bond acceptors (Lipinski definition) is 4.